The van der Waals surface area contributed by atoms with Gasteiger partial charge < -0.3 is 10.6 Å². The van der Waals surface area contributed by atoms with Gasteiger partial charge >= 0.3 is 0 Å². The molecule has 0 spiro atoms. The molecule has 0 aromatic carbocycles. The smallest absolute Gasteiger partial charge is 0.240 e. The second-order valence-electron chi connectivity index (χ2n) is 3.61. The van der Waals surface area contributed by atoms with E-state index in [0.717, 1.165) is 13.0 Å². The van der Waals surface area contributed by atoms with Gasteiger partial charge in [-0.3, -0.25) is 4.79 Å². The van der Waals surface area contributed by atoms with Crippen LogP contribution in [0.3, 0.4) is 0 Å². The minimum Gasteiger partial charge on any atom is -0.368 e. The second-order valence-corrected chi connectivity index (χ2v) is 3.95. The van der Waals surface area contributed by atoms with E-state index in [0.29, 0.717) is 12.2 Å². The van der Waals surface area contributed by atoms with Gasteiger partial charge in [-0.05, 0) is 36.9 Å². The van der Waals surface area contributed by atoms with Gasteiger partial charge in [-0.25, -0.2) is 9.97 Å². The van der Waals surface area contributed by atoms with Crippen molar-refractivity contribution in [3.63, 3.8) is 0 Å². The Balaban J connectivity index is 2.26. The molecule has 1 radical (unpaired) electrons. The molecule has 2 rings (SSSR count). The fourth-order valence-electron chi connectivity index (χ4n) is 1.82. The summed E-state index contributed by atoms with van der Waals surface area (Å²) in [5.41, 5.74) is 5.36. The van der Waals surface area contributed by atoms with E-state index in [1.54, 1.807) is 12.3 Å². The van der Waals surface area contributed by atoms with Crippen LogP contribution in [0.15, 0.2) is 12.3 Å². The van der Waals surface area contributed by atoms with E-state index in [1.807, 2.05) is 4.90 Å². The van der Waals surface area contributed by atoms with Crippen molar-refractivity contribution < 1.29 is 4.79 Å². The Labute approximate surface area is 98.6 Å². The topological polar surface area (TPSA) is 72.1 Å². The van der Waals surface area contributed by atoms with Crippen LogP contribution in [-0.2, 0) is 4.79 Å². The van der Waals surface area contributed by atoms with E-state index in [-0.39, 0.29) is 17.2 Å². The predicted octanol–water partition coefficient (Wildman–Crippen LogP) is 0.788. The fraction of sp³-hybridized carbons (Fsp3) is 0.400. The molecule has 5 nitrogen and oxygen atoms in total. The number of carbonyl (C=O) groups excluding carboxylic acids is 1. The number of carbonyl (C=O) groups is 1. The highest BCUT2D eigenvalue weighted by Gasteiger charge is 2.28. The van der Waals surface area contributed by atoms with E-state index in [4.69, 9.17) is 17.3 Å². The molecule has 85 valence electrons. The Kier molecular flexibility index (Phi) is 3.24. The highest BCUT2D eigenvalue weighted by molar-refractivity contribution is 6.28. The molecule has 0 bridgehead atoms. The zero-order valence-corrected chi connectivity index (χ0v) is 9.39. The highest BCUT2D eigenvalue weighted by atomic mass is 35.5. The molecular weight excluding hydrogens is 228 g/mol. The van der Waals surface area contributed by atoms with Gasteiger partial charge in [0.25, 0.3) is 0 Å². The molecule has 0 aliphatic carbocycles. The van der Waals surface area contributed by atoms with Crippen molar-refractivity contribution in [2.75, 3.05) is 11.4 Å². The summed E-state index contributed by atoms with van der Waals surface area (Å²) in [6.07, 6.45) is 5.19. The number of piperidine rings is 1. The molecule has 1 aliphatic rings. The van der Waals surface area contributed by atoms with Crippen molar-refractivity contribution >= 4 is 23.3 Å². The first-order chi connectivity index (χ1) is 7.68. The van der Waals surface area contributed by atoms with E-state index >= 15 is 0 Å². The van der Waals surface area contributed by atoms with Crippen LogP contribution in [0.2, 0.25) is 5.28 Å². The lowest BCUT2D eigenvalue weighted by molar-refractivity contribution is -0.119. The van der Waals surface area contributed by atoms with Crippen LogP contribution in [0.5, 0.6) is 0 Å². The van der Waals surface area contributed by atoms with Crippen molar-refractivity contribution in [3.8, 4) is 0 Å². The lowest BCUT2D eigenvalue weighted by atomic mass is 10.0. The molecule has 1 aromatic rings. The lowest BCUT2D eigenvalue weighted by Gasteiger charge is -2.34. The quantitative estimate of drug-likeness (QED) is 0.775. The van der Waals surface area contributed by atoms with Gasteiger partial charge in [-0.1, -0.05) is 0 Å². The molecule has 6 heteroatoms. The third-order valence-corrected chi connectivity index (χ3v) is 2.76. The lowest BCUT2D eigenvalue weighted by Crippen LogP contribution is -2.48. The number of amides is 1. The standard InChI is InChI=1S/C10H12ClN4O/c11-10-13-5-4-8(14-10)15-6-2-1-3-7(15)9(12)16/h1,4-5,7H,2-3,6H2,(H2,12,16). The number of nitrogens with two attached hydrogens (primary N) is 1. The minimum absolute atomic E-state index is 0.176. The van der Waals surface area contributed by atoms with Crippen molar-refractivity contribution in [3.05, 3.63) is 24.0 Å². The first kappa shape index (κ1) is 11.1. The second kappa shape index (κ2) is 4.65. The van der Waals surface area contributed by atoms with Gasteiger partial charge in [-0.15, -0.1) is 0 Å². The average Bonchev–Trinajstić information content (AvgIpc) is 2.29. The van der Waals surface area contributed by atoms with Crippen LogP contribution in [0.4, 0.5) is 5.82 Å². The van der Waals surface area contributed by atoms with Crippen LogP contribution in [0.1, 0.15) is 12.8 Å². The normalized spacial score (nSPS) is 20.8. The van der Waals surface area contributed by atoms with E-state index in [9.17, 15) is 4.79 Å². The maximum Gasteiger partial charge on any atom is 0.240 e. The first-order valence-electron chi connectivity index (χ1n) is 5.04. The number of anilines is 1. The molecule has 1 amide bonds. The van der Waals surface area contributed by atoms with Crippen LogP contribution >= 0.6 is 11.6 Å². The van der Waals surface area contributed by atoms with Gasteiger partial charge in [0.1, 0.15) is 11.9 Å². The summed E-state index contributed by atoms with van der Waals surface area (Å²) in [6.45, 7) is 0.723. The first-order valence-corrected chi connectivity index (χ1v) is 5.42. The molecule has 1 saturated heterocycles. The van der Waals surface area contributed by atoms with Gasteiger partial charge in [0.15, 0.2) is 0 Å². The fourth-order valence-corrected chi connectivity index (χ4v) is 1.96. The highest BCUT2D eigenvalue weighted by Crippen LogP contribution is 2.22. The number of primary amides is 1. The summed E-state index contributed by atoms with van der Waals surface area (Å²) in [5.74, 6) is 0.308. The Bertz CT molecular complexity index is 398. The summed E-state index contributed by atoms with van der Waals surface area (Å²) in [7, 11) is 0. The largest absolute Gasteiger partial charge is 0.368 e. The number of hydrogen-bond donors (Lipinski definition) is 1. The summed E-state index contributed by atoms with van der Waals surface area (Å²) in [5, 5.41) is 0.176. The summed E-state index contributed by atoms with van der Waals surface area (Å²) >= 11 is 5.72. The van der Waals surface area contributed by atoms with Crippen molar-refractivity contribution in [1.29, 1.82) is 0 Å². The van der Waals surface area contributed by atoms with Crippen LogP contribution in [0.25, 0.3) is 0 Å². The molecule has 2 heterocycles. The van der Waals surface area contributed by atoms with E-state index in [1.165, 1.54) is 0 Å². The molecule has 0 saturated carbocycles. The number of hydrogen-bond acceptors (Lipinski definition) is 4. The van der Waals surface area contributed by atoms with Gasteiger partial charge in [0, 0.05) is 12.7 Å². The van der Waals surface area contributed by atoms with Crippen LogP contribution < -0.4 is 10.6 Å². The SMILES string of the molecule is NC(=O)C1C[CH]CCN1c1ccnc(Cl)n1. The zero-order valence-electron chi connectivity index (χ0n) is 8.64. The molecule has 1 fully saturated rings. The average molecular weight is 240 g/mol. The molecular formula is C10H12ClN4O. The minimum atomic E-state index is -0.342. The van der Waals surface area contributed by atoms with Gasteiger partial charge in [0.05, 0.1) is 0 Å². The Morgan fingerprint density at radius 2 is 2.44 bits per heavy atom. The van der Waals surface area contributed by atoms with Crippen molar-refractivity contribution in [1.82, 2.24) is 9.97 Å². The third kappa shape index (κ3) is 2.24. The molecule has 1 aliphatic heterocycles. The van der Waals surface area contributed by atoms with Crippen molar-refractivity contribution in [2.45, 2.75) is 18.9 Å². The Hall–Kier alpha value is -1.36. The number of rotatable bonds is 2. The zero-order chi connectivity index (χ0) is 11.5. The monoisotopic (exact) mass is 239 g/mol. The number of aromatic nitrogens is 2. The maximum atomic E-state index is 11.3. The summed E-state index contributed by atoms with van der Waals surface area (Å²) in [6, 6.07) is 1.40. The Morgan fingerprint density at radius 3 is 3.12 bits per heavy atom. The van der Waals surface area contributed by atoms with E-state index < -0.39 is 0 Å². The molecule has 1 unspecified atom stereocenters. The van der Waals surface area contributed by atoms with Crippen molar-refractivity contribution in [2.24, 2.45) is 5.73 Å². The van der Waals surface area contributed by atoms with Crippen LogP contribution in [-0.4, -0.2) is 28.5 Å². The van der Waals surface area contributed by atoms with E-state index in [2.05, 4.69) is 16.4 Å². The number of nitrogens with zero attached hydrogens (tertiary/aromatic N) is 3. The van der Waals surface area contributed by atoms with Crippen LogP contribution in [0, 0.1) is 6.42 Å². The van der Waals surface area contributed by atoms with Gasteiger partial charge in [0.2, 0.25) is 11.2 Å². The molecule has 2 N–H and O–H groups in total. The third-order valence-electron chi connectivity index (χ3n) is 2.57. The number of halogens is 1. The summed E-state index contributed by atoms with van der Waals surface area (Å²) in [4.78, 5) is 21.1. The molecule has 1 atom stereocenters. The maximum absolute atomic E-state index is 11.3. The van der Waals surface area contributed by atoms with Gasteiger partial charge in [-0.2, -0.15) is 0 Å². The molecule has 1 aromatic heterocycles. The summed E-state index contributed by atoms with van der Waals surface area (Å²) < 4.78 is 0. The Morgan fingerprint density at radius 1 is 1.62 bits per heavy atom. The molecule has 16 heavy (non-hydrogen) atoms. The predicted molar refractivity (Wildman–Crippen MR) is 60.9 cm³/mol.